The summed E-state index contributed by atoms with van der Waals surface area (Å²) in [5, 5.41) is 3.36. The molecule has 1 amide bonds. The third-order valence-electron chi connectivity index (χ3n) is 3.84. The molecule has 0 atom stereocenters. The topological polar surface area (TPSA) is 60.5 Å². The third-order valence-corrected chi connectivity index (χ3v) is 4.77. The summed E-state index contributed by atoms with van der Waals surface area (Å²) < 4.78 is 12.3. The first kappa shape index (κ1) is 18.2. The van der Waals surface area contributed by atoms with Gasteiger partial charge in [0.2, 0.25) is 0 Å². The Labute approximate surface area is 157 Å². The molecule has 2 aromatic carbocycles. The number of rotatable bonds is 7. The number of ether oxygens (including phenoxy) is 2. The molecule has 0 radical (unpaired) electrons. The number of aromatic nitrogens is 1. The number of nitrogens with one attached hydrogen (secondary N) is 1. The molecule has 0 aliphatic rings. The number of thiazole rings is 1. The highest BCUT2D eigenvalue weighted by Gasteiger charge is 2.11. The van der Waals surface area contributed by atoms with Crippen molar-refractivity contribution < 1.29 is 14.3 Å². The Balaban J connectivity index is 1.63. The molecule has 26 heavy (non-hydrogen) atoms. The molecule has 0 saturated heterocycles. The number of aryl methyl sites for hydroxylation is 2. The molecular formula is C20H22N2O3S. The fourth-order valence-electron chi connectivity index (χ4n) is 2.59. The number of carbonyl (C=O) groups is 1. The third kappa shape index (κ3) is 4.32. The molecule has 0 spiro atoms. The van der Waals surface area contributed by atoms with Crippen LogP contribution in [0.25, 0.3) is 10.2 Å². The van der Waals surface area contributed by atoms with Gasteiger partial charge in [-0.25, -0.2) is 4.98 Å². The molecule has 136 valence electrons. The van der Waals surface area contributed by atoms with Crippen LogP contribution in [0.2, 0.25) is 0 Å². The number of amides is 1. The molecule has 0 unspecified atom stereocenters. The first-order valence-corrected chi connectivity index (χ1v) is 9.40. The zero-order chi connectivity index (χ0) is 18.5. The lowest BCUT2D eigenvalue weighted by atomic mass is 10.1. The summed E-state index contributed by atoms with van der Waals surface area (Å²) in [6.45, 7) is 6.63. The number of benzene rings is 2. The number of hydrogen-bond acceptors (Lipinski definition) is 5. The van der Waals surface area contributed by atoms with E-state index in [-0.39, 0.29) is 12.5 Å². The quantitative estimate of drug-likeness (QED) is 0.654. The van der Waals surface area contributed by atoms with E-state index >= 15 is 0 Å². The van der Waals surface area contributed by atoms with Gasteiger partial charge in [-0.2, -0.15) is 0 Å². The molecule has 1 heterocycles. The molecule has 0 aliphatic heterocycles. The van der Waals surface area contributed by atoms with Crippen LogP contribution < -0.4 is 14.8 Å². The Morgan fingerprint density at radius 1 is 1.15 bits per heavy atom. The molecular weight excluding hydrogens is 348 g/mol. The van der Waals surface area contributed by atoms with E-state index < -0.39 is 0 Å². The highest BCUT2D eigenvalue weighted by Crippen LogP contribution is 2.29. The van der Waals surface area contributed by atoms with Crippen LogP contribution >= 0.6 is 11.3 Å². The summed E-state index contributed by atoms with van der Waals surface area (Å²) in [4.78, 5) is 16.6. The van der Waals surface area contributed by atoms with Gasteiger partial charge in [0.05, 0.1) is 16.8 Å². The van der Waals surface area contributed by atoms with E-state index in [0.29, 0.717) is 11.7 Å². The highest BCUT2D eigenvalue weighted by atomic mass is 32.1. The van der Waals surface area contributed by atoms with E-state index in [2.05, 4.69) is 17.2 Å². The van der Waals surface area contributed by atoms with Crippen LogP contribution in [0.4, 0.5) is 5.13 Å². The Morgan fingerprint density at radius 3 is 2.65 bits per heavy atom. The van der Waals surface area contributed by atoms with E-state index in [9.17, 15) is 4.79 Å². The van der Waals surface area contributed by atoms with Crippen LogP contribution in [0.15, 0.2) is 36.4 Å². The second-order valence-electron chi connectivity index (χ2n) is 6.05. The SMILES string of the molecule is CCCOc1ccc2nc(NC(=O)COc3c(C)cccc3C)sc2c1. The maximum Gasteiger partial charge on any atom is 0.264 e. The van der Waals surface area contributed by atoms with Crippen molar-refractivity contribution >= 4 is 32.6 Å². The zero-order valence-corrected chi connectivity index (χ0v) is 16.0. The molecule has 3 rings (SSSR count). The van der Waals surface area contributed by atoms with Gasteiger partial charge in [-0.15, -0.1) is 0 Å². The summed E-state index contributed by atoms with van der Waals surface area (Å²) in [7, 11) is 0. The van der Waals surface area contributed by atoms with Crippen molar-refractivity contribution in [3.63, 3.8) is 0 Å². The molecule has 0 saturated carbocycles. The maximum absolute atomic E-state index is 12.2. The van der Waals surface area contributed by atoms with Crippen molar-refractivity contribution in [1.29, 1.82) is 0 Å². The van der Waals surface area contributed by atoms with Crippen LogP contribution in [-0.2, 0) is 4.79 Å². The molecule has 5 nitrogen and oxygen atoms in total. The summed E-state index contributed by atoms with van der Waals surface area (Å²) in [5.41, 5.74) is 2.86. The van der Waals surface area contributed by atoms with Crippen molar-refractivity contribution in [3.05, 3.63) is 47.5 Å². The maximum atomic E-state index is 12.2. The monoisotopic (exact) mass is 370 g/mol. The first-order valence-electron chi connectivity index (χ1n) is 8.59. The van der Waals surface area contributed by atoms with Crippen LogP contribution in [0, 0.1) is 13.8 Å². The fraction of sp³-hybridized carbons (Fsp3) is 0.300. The number of anilines is 1. The Kier molecular flexibility index (Phi) is 5.73. The Hall–Kier alpha value is -2.60. The zero-order valence-electron chi connectivity index (χ0n) is 15.2. The van der Waals surface area contributed by atoms with E-state index in [1.807, 2.05) is 50.2 Å². The molecule has 0 aliphatic carbocycles. The van der Waals surface area contributed by atoms with Gasteiger partial charge in [0.15, 0.2) is 11.7 Å². The lowest BCUT2D eigenvalue weighted by Crippen LogP contribution is -2.20. The molecule has 0 fully saturated rings. The van der Waals surface area contributed by atoms with Crippen LogP contribution in [-0.4, -0.2) is 24.1 Å². The Morgan fingerprint density at radius 2 is 1.92 bits per heavy atom. The smallest absolute Gasteiger partial charge is 0.264 e. The molecule has 1 aromatic heterocycles. The lowest BCUT2D eigenvalue weighted by molar-refractivity contribution is -0.118. The van der Waals surface area contributed by atoms with Gasteiger partial charge in [-0.05, 0) is 49.6 Å². The highest BCUT2D eigenvalue weighted by molar-refractivity contribution is 7.22. The lowest BCUT2D eigenvalue weighted by Gasteiger charge is -2.11. The molecule has 3 aromatic rings. The van der Waals surface area contributed by atoms with E-state index in [1.165, 1.54) is 11.3 Å². The normalized spacial score (nSPS) is 10.7. The van der Waals surface area contributed by atoms with Crippen LogP contribution in [0.1, 0.15) is 24.5 Å². The van der Waals surface area contributed by atoms with Crippen LogP contribution in [0.5, 0.6) is 11.5 Å². The Bertz CT molecular complexity index is 900. The molecule has 0 bridgehead atoms. The summed E-state index contributed by atoms with van der Waals surface area (Å²) in [5.74, 6) is 1.35. The minimum Gasteiger partial charge on any atom is -0.494 e. The van der Waals surface area contributed by atoms with E-state index in [0.717, 1.165) is 39.3 Å². The van der Waals surface area contributed by atoms with Gasteiger partial charge in [-0.1, -0.05) is 36.5 Å². The average Bonchev–Trinajstić information content (AvgIpc) is 3.00. The van der Waals surface area contributed by atoms with Gasteiger partial charge in [0, 0.05) is 0 Å². The van der Waals surface area contributed by atoms with Gasteiger partial charge in [0.1, 0.15) is 11.5 Å². The predicted molar refractivity (Wildman–Crippen MR) is 105 cm³/mol. The summed E-state index contributed by atoms with van der Waals surface area (Å²) in [6, 6.07) is 11.6. The second-order valence-corrected chi connectivity index (χ2v) is 7.09. The number of para-hydroxylation sites is 1. The van der Waals surface area contributed by atoms with Crippen molar-refractivity contribution in [2.24, 2.45) is 0 Å². The summed E-state index contributed by atoms with van der Waals surface area (Å²) >= 11 is 1.42. The number of nitrogens with zero attached hydrogens (tertiary/aromatic N) is 1. The van der Waals surface area contributed by atoms with Gasteiger partial charge in [0.25, 0.3) is 5.91 Å². The largest absolute Gasteiger partial charge is 0.494 e. The standard InChI is InChI=1S/C20H22N2O3S/c1-4-10-24-15-8-9-16-17(11-15)26-20(21-16)22-18(23)12-25-19-13(2)6-5-7-14(19)3/h5-9,11H,4,10,12H2,1-3H3,(H,21,22,23). The van der Waals surface area contributed by atoms with Crippen molar-refractivity contribution in [1.82, 2.24) is 4.98 Å². The number of carbonyl (C=O) groups excluding carboxylic acids is 1. The fourth-order valence-corrected chi connectivity index (χ4v) is 3.50. The molecule has 1 N–H and O–H groups in total. The minimum atomic E-state index is -0.228. The van der Waals surface area contributed by atoms with Gasteiger partial charge in [-0.3, -0.25) is 10.1 Å². The minimum absolute atomic E-state index is 0.0491. The second kappa shape index (κ2) is 8.19. The average molecular weight is 370 g/mol. The summed E-state index contributed by atoms with van der Waals surface area (Å²) in [6.07, 6.45) is 0.961. The van der Waals surface area contributed by atoms with Crippen LogP contribution in [0.3, 0.4) is 0 Å². The van der Waals surface area contributed by atoms with Crippen molar-refractivity contribution in [2.75, 3.05) is 18.5 Å². The van der Waals surface area contributed by atoms with Gasteiger partial charge < -0.3 is 9.47 Å². The van der Waals surface area contributed by atoms with E-state index in [4.69, 9.17) is 9.47 Å². The van der Waals surface area contributed by atoms with Crippen molar-refractivity contribution in [3.8, 4) is 11.5 Å². The first-order chi connectivity index (χ1) is 12.6. The number of hydrogen-bond donors (Lipinski definition) is 1. The van der Waals surface area contributed by atoms with Crippen molar-refractivity contribution in [2.45, 2.75) is 27.2 Å². The van der Waals surface area contributed by atoms with E-state index in [1.54, 1.807) is 0 Å². The van der Waals surface area contributed by atoms with Gasteiger partial charge >= 0.3 is 0 Å². The predicted octanol–water partition coefficient (Wildman–Crippen LogP) is 4.72. The molecule has 6 heteroatoms. The number of fused-ring (bicyclic) bond motifs is 1.